The van der Waals surface area contributed by atoms with Crippen LogP contribution in [-0.4, -0.2) is 48.1 Å². The van der Waals surface area contributed by atoms with E-state index < -0.39 is 5.97 Å². The standard InChI is InChI=1S/C13H22N2O3/c1-15-7-6-11(12(15)16)14-8-9-4-2-3-5-10(9)13(17)18/h9-11,14H,2-8H2,1H3,(H,17,18). The van der Waals surface area contributed by atoms with Crippen molar-refractivity contribution < 1.29 is 14.7 Å². The molecule has 1 saturated heterocycles. The summed E-state index contributed by atoms with van der Waals surface area (Å²) in [6, 6.07) is -0.105. The van der Waals surface area contributed by atoms with E-state index in [0.29, 0.717) is 6.54 Å². The third-order valence-corrected chi connectivity index (χ3v) is 4.28. The lowest BCUT2D eigenvalue weighted by atomic mass is 9.79. The summed E-state index contributed by atoms with van der Waals surface area (Å²) in [5, 5.41) is 12.5. The summed E-state index contributed by atoms with van der Waals surface area (Å²) in [4.78, 5) is 24.6. The third kappa shape index (κ3) is 2.83. The van der Waals surface area contributed by atoms with Gasteiger partial charge in [-0.15, -0.1) is 0 Å². The molecule has 3 unspecified atom stereocenters. The molecule has 5 nitrogen and oxygen atoms in total. The monoisotopic (exact) mass is 254 g/mol. The normalized spacial score (nSPS) is 32.8. The lowest BCUT2D eigenvalue weighted by Gasteiger charge is -2.29. The molecule has 0 bridgehead atoms. The van der Waals surface area contributed by atoms with Crippen molar-refractivity contribution in [2.45, 2.75) is 38.1 Å². The van der Waals surface area contributed by atoms with Crippen LogP contribution in [0, 0.1) is 11.8 Å². The summed E-state index contributed by atoms with van der Waals surface area (Å²) in [6.45, 7) is 1.45. The Balaban J connectivity index is 1.85. The van der Waals surface area contributed by atoms with E-state index in [1.54, 1.807) is 4.90 Å². The number of hydrogen-bond acceptors (Lipinski definition) is 3. The number of rotatable bonds is 4. The van der Waals surface area contributed by atoms with Gasteiger partial charge in [0, 0.05) is 13.6 Å². The molecule has 0 aromatic carbocycles. The predicted octanol–water partition coefficient (Wildman–Crippen LogP) is 0.698. The summed E-state index contributed by atoms with van der Waals surface area (Å²) in [5.41, 5.74) is 0. The van der Waals surface area contributed by atoms with Gasteiger partial charge in [0.15, 0.2) is 0 Å². The molecule has 0 aromatic rings. The predicted molar refractivity (Wildman–Crippen MR) is 67.1 cm³/mol. The van der Waals surface area contributed by atoms with Crippen molar-refractivity contribution in [3.63, 3.8) is 0 Å². The first-order valence-corrected chi connectivity index (χ1v) is 6.80. The topological polar surface area (TPSA) is 69.6 Å². The lowest BCUT2D eigenvalue weighted by Crippen LogP contribution is -2.42. The highest BCUT2D eigenvalue weighted by Gasteiger charge is 2.33. The molecule has 0 spiro atoms. The smallest absolute Gasteiger partial charge is 0.306 e. The molecule has 1 saturated carbocycles. The van der Waals surface area contributed by atoms with E-state index in [-0.39, 0.29) is 23.8 Å². The van der Waals surface area contributed by atoms with Crippen LogP contribution in [0.5, 0.6) is 0 Å². The zero-order valence-electron chi connectivity index (χ0n) is 10.9. The number of hydrogen-bond donors (Lipinski definition) is 2. The fourth-order valence-electron chi connectivity index (χ4n) is 3.08. The highest BCUT2D eigenvalue weighted by atomic mass is 16.4. The Labute approximate surface area is 108 Å². The van der Waals surface area contributed by atoms with Crippen molar-refractivity contribution in [3.05, 3.63) is 0 Å². The van der Waals surface area contributed by atoms with Crippen molar-refractivity contribution in [1.82, 2.24) is 10.2 Å². The Hall–Kier alpha value is -1.10. The largest absolute Gasteiger partial charge is 0.481 e. The molecular weight excluding hydrogens is 232 g/mol. The van der Waals surface area contributed by atoms with E-state index >= 15 is 0 Å². The molecule has 3 atom stereocenters. The molecule has 18 heavy (non-hydrogen) atoms. The Morgan fingerprint density at radius 2 is 2.11 bits per heavy atom. The molecule has 1 aliphatic heterocycles. The zero-order chi connectivity index (χ0) is 13.1. The van der Waals surface area contributed by atoms with Gasteiger partial charge in [-0.25, -0.2) is 0 Å². The molecular formula is C13H22N2O3. The molecule has 2 fully saturated rings. The van der Waals surface area contributed by atoms with Crippen molar-refractivity contribution in [2.75, 3.05) is 20.1 Å². The third-order valence-electron chi connectivity index (χ3n) is 4.28. The molecule has 102 valence electrons. The SMILES string of the molecule is CN1CCC(NCC2CCCCC2C(=O)O)C1=O. The fourth-order valence-corrected chi connectivity index (χ4v) is 3.08. The van der Waals surface area contributed by atoms with E-state index in [2.05, 4.69) is 5.32 Å². The first-order chi connectivity index (χ1) is 8.59. The number of carbonyl (C=O) groups excluding carboxylic acids is 1. The van der Waals surface area contributed by atoms with Crippen molar-refractivity contribution in [1.29, 1.82) is 0 Å². The van der Waals surface area contributed by atoms with Crippen LogP contribution < -0.4 is 5.32 Å². The highest BCUT2D eigenvalue weighted by molar-refractivity contribution is 5.83. The van der Waals surface area contributed by atoms with Crippen LogP contribution in [-0.2, 0) is 9.59 Å². The molecule has 5 heteroatoms. The van der Waals surface area contributed by atoms with E-state index in [4.69, 9.17) is 0 Å². The lowest BCUT2D eigenvalue weighted by molar-refractivity contribution is -0.144. The van der Waals surface area contributed by atoms with E-state index in [0.717, 1.165) is 38.6 Å². The molecule has 1 amide bonds. The van der Waals surface area contributed by atoms with Crippen LogP contribution in [0.1, 0.15) is 32.1 Å². The average Bonchev–Trinajstić information content (AvgIpc) is 2.68. The maximum absolute atomic E-state index is 11.7. The minimum Gasteiger partial charge on any atom is -0.481 e. The summed E-state index contributed by atoms with van der Waals surface area (Å²) in [7, 11) is 1.81. The van der Waals surface area contributed by atoms with Crippen LogP contribution in [0.2, 0.25) is 0 Å². The zero-order valence-corrected chi connectivity index (χ0v) is 10.9. The van der Waals surface area contributed by atoms with Gasteiger partial charge in [-0.1, -0.05) is 12.8 Å². The molecule has 2 N–H and O–H groups in total. The van der Waals surface area contributed by atoms with Crippen LogP contribution in [0.4, 0.5) is 0 Å². The molecule has 2 aliphatic rings. The Morgan fingerprint density at radius 1 is 1.39 bits per heavy atom. The van der Waals surface area contributed by atoms with Gasteiger partial charge < -0.3 is 15.3 Å². The fraction of sp³-hybridized carbons (Fsp3) is 0.846. The molecule has 0 radical (unpaired) electrons. The second-order valence-electron chi connectivity index (χ2n) is 5.50. The minimum absolute atomic E-state index is 0.105. The molecule has 1 heterocycles. The van der Waals surface area contributed by atoms with E-state index in [9.17, 15) is 14.7 Å². The summed E-state index contributed by atoms with van der Waals surface area (Å²) in [6.07, 6.45) is 4.69. The van der Waals surface area contributed by atoms with Gasteiger partial charge in [-0.3, -0.25) is 9.59 Å². The van der Waals surface area contributed by atoms with Gasteiger partial charge in [-0.2, -0.15) is 0 Å². The Morgan fingerprint density at radius 3 is 2.72 bits per heavy atom. The number of likely N-dealkylation sites (tertiary alicyclic amines) is 1. The second kappa shape index (κ2) is 5.69. The number of carbonyl (C=O) groups is 2. The van der Waals surface area contributed by atoms with Gasteiger partial charge in [0.25, 0.3) is 0 Å². The number of nitrogens with zero attached hydrogens (tertiary/aromatic N) is 1. The van der Waals surface area contributed by atoms with Crippen molar-refractivity contribution >= 4 is 11.9 Å². The maximum atomic E-state index is 11.7. The molecule has 1 aliphatic carbocycles. The van der Waals surface area contributed by atoms with Crippen molar-refractivity contribution in [3.8, 4) is 0 Å². The van der Waals surface area contributed by atoms with Gasteiger partial charge in [0.05, 0.1) is 12.0 Å². The number of carboxylic acid groups (broad SMARTS) is 1. The number of aliphatic carboxylic acids is 1. The van der Waals surface area contributed by atoms with Crippen LogP contribution >= 0.6 is 0 Å². The number of likely N-dealkylation sites (N-methyl/N-ethyl adjacent to an activating group) is 1. The highest BCUT2D eigenvalue weighted by Crippen LogP contribution is 2.30. The molecule has 2 rings (SSSR count). The first kappa shape index (κ1) is 13.3. The molecule has 0 aromatic heterocycles. The van der Waals surface area contributed by atoms with Gasteiger partial charge >= 0.3 is 5.97 Å². The first-order valence-electron chi connectivity index (χ1n) is 6.80. The average molecular weight is 254 g/mol. The quantitative estimate of drug-likeness (QED) is 0.774. The van der Waals surface area contributed by atoms with Crippen LogP contribution in [0.3, 0.4) is 0 Å². The van der Waals surface area contributed by atoms with Crippen molar-refractivity contribution in [2.24, 2.45) is 11.8 Å². The Bertz CT molecular complexity index is 332. The second-order valence-corrected chi connectivity index (χ2v) is 5.50. The summed E-state index contributed by atoms with van der Waals surface area (Å²) in [5.74, 6) is -0.607. The van der Waals surface area contributed by atoms with E-state index in [1.807, 2.05) is 7.05 Å². The van der Waals surface area contributed by atoms with Gasteiger partial charge in [-0.05, 0) is 31.7 Å². The number of nitrogens with one attached hydrogen (secondary N) is 1. The Kier molecular flexibility index (Phi) is 4.22. The van der Waals surface area contributed by atoms with Crippen LogP contribution in [0.25, 0.3) is 0 Å². The summed E-state index contributed by atoms with van der Waals surface area (Å²) >= 11 is 0. The van der Waals surface area contributed by atoms with Crippen LogP contribution in [0.15, 0.2) is 0 Å². The maximum Gasteiger partial charge on any atom is 0.306 e. The number of amides is 1. The van der Waals surface area contributed by atoms with E-state index in [1.165, 1.54) is 0 Å². The summed E-state index contributed by atoms with van der Waals surface area (Å²) < 4.78 is 0. The van der Waals surface area contributed by atoms with Gasteiger partial charge in [0.2, 0.25) is 5.91 Å². The minimum atomic E-state index is -0.684. The number of carboxylic acids is 1. The van der Waals surface area contributed by atoms with Gasteiger partial charge in [0.1, 0.15) is 0 Å².